The number of benzene rings is 2. The Morgan fingerprint density at radius 2 is 1.74 bits per heavy atom. The maximum Gasteiger partial charge on any atom is 0.335 e. The first-order chi connectivity index (χ1) is 18.3. The lowest BCUT2D eigenvalue weighted by Crippen LogP contribution is -2.30. The van der Waals surface area contributed by atoms with Crippen LogP contribution >= 0.6 is 11.3 Å². The number of thiophene rings is 1. The minimum absolute atomic E-state index is 0.183. The molecule has 0 radical (unpaired) electrons. The normalized spacial score (nSPS) is 14.3. The molecule has 0 saturated heterocycles. The summed E-state index contributed by atoms with van der Waals surface area (Å²) in [6.45, 7) is 4.93. The number of amides is 1. The quantitative estimate of drug-likeness (QED) is 0.357. The van der Waals surface area contributed by atoms with E-state index in [9.17, 15) is 14.7 Å². The Kier molecular flexibility index (Phi) is 8.73. The molecule has 8 nitrogen and oxygen atoms in total. The molecule has 198 valence electrons. The molecule has 0 bridgehead atoms. The molecule has 4 rings (SSSR count). The van der Waals surface area contributed by atoms with Crippen LogP contribution in [0.5, 0.6) is 0 Å². The molecule has 1 aliphatic rings. The maximum atomic E-state index is 12.9. The zero-order chi connectivity index (χ0) is 27.2. The van der Waals surface area contributed by atoms with Gasteiger partial charge in [-0.15, -0.1) is 11.3 Å². The van der Waals surface area contributed by atoms with Crippen molar-refractivity contribution in [3.8, 4) is 10.4 Å². The second-order valence-electron chi connectivity index (χ2n) is 8.89. The van der Waals surface area contributed by atoms with Gasteiger partial charge < -0.3 is 19.5 Å². The lowest BCUT2D eigenvalue weighted by atomic mass is 10.0. The topological polar surface area (TPSA) is 91.7 Å². The standard InChI is InChI=1S/C29H31N3O5S/c1-19-17-22(32(13-15-36-3)14-16-37-4)9-11-24(19)26-12-10-23(38-26)18-25-27(30-31(2)28(25)33)20-5-7-21(8-6-20)29(34)35/h5-12,17-18H,13-16H2,1-4H3,(H,34,35)/b25-18-. The number of hydrazone groups is 1. The highest BCUT2D eigenvalue weighted by Crippen LogP contribution is 2.34. The second-order valence-corrected chi connectivity index (χ2v) is 10.0. The lowest BCUT2D eigenvalue weighted by molar-refractivity contribution is -0.124. The number of hydrogen-bond acceptors (Lipinski definition) is 7. The van der Waals surface area contributed by atoms with E-state index >= 15 is 0 Å². The van der Waals surface area contributed by atoms with E-state index in [0.717, 1.165) is 39.7 Å². The van der Waals surface area contributed by atoms with E-state index in [0.29, 0.717) is 30.1 Å². The van der Waals surface area contributed by atoms with Gasteiger partial charge in [-0.2, -0.15) is 5.10 Å². The highest BCUT2D eigenvalue weighted by atomic mass is 32.1. The Morgan fingerprint density at radius 1 is 1.05 bits per heavy atom. The number of likely N-dealkylation sites (N-methyl/N-ethyl adjacent to an activating group) is 1. The second kappa shape index (κ2) is 12.2. The highest BCUT2D eigenvalue weighted by Gasteiger charge is 2.28. The van der Waals surface area contributed by atoms with Gasteiger partial charge in [-0.3, -0.25) is 4.79 Å². The molecule has 38 heavy (non-hydrogen) atoms. The summed E-state index contributed by atoms with van der Waals surface area (Å²) in [5, 5.41) is 14.9. The first kappa shape index (κ1) is 27.3. The van der Waals surface area contributed by atoms with Crippen LogP contribution in [0.25, 0.3) is 16.5 Å². The Labute approximate surface area is 226 Å². The third-order valence-corrected chi connectivity index (χ3v) is 7.38. The molecule has 1 aliphatic heterocycles. The maximum absolute atomic E-state index is 12.9. The van der Waals surface area contributed by atoms with Gasteiger partial charge >= 0.3 is 5.97 Å². The van der Waals surface area contributed by atoms with Crippen LogP contribution in [0, 0.1) is 6.92 Å². The third-order valence-electron chi connectivity index (χ3n) is 6.32. The number of rotatable bonds is 11. The fourth-order valence-corrected chi connectivity index (χ4v) is 5.29. The lowest BCUT2D eigenvalue weighted by Gasteiger charge is -2.25. The van der Waals surface area contributed by atoms with Gasteiger partial charge in [0.15, 0.2) is 0 Å². The number of nitrogens with zero attached hydrogens (tertiary/aromatic N) is 3. The van der Waals surface area contributed by atoms with Crippen molar-refractivity contribution < 1.29 is 24.2 Å². The largest absolute Gasteiger partial charge is 0.478 e. The number of carbonyl (C=O) groups is 2. The van der Waals surface area contributed by atoms with Crippen LogP contribution < -0.4 is 4.90 Å². The van der Waals surface area contributed by atoms with Crippen LogP contribution in [0.2, 0.25) is 0 Å². The molecule has 0 aliphatic carbocycles. The van der Waals surface area contributed by atoms with E-state index in [1.54, 1.807) is 44.7 Å². The number of ether oxygens (including phenoxy) is 2. The number of aryl methyl sites for hydroxylation is 1. The van der Waals surface area contributed by atoms with Gasteiger partial charge in [0.2, 0.25) is 0 Å². The number of carbonyl (C=O) groups excluding carboxylic acids is 1. The molecule has 1 aromatic heterocycles. The van der Waals surface area contributed by atoms with E-state index in [1.165, 1.54) is 17.1 Å². The molecule has 0 spiro atoms. The summed E-state index contributed by atoms with van der Waals surface area (Å²) in [4.78, 5) is 28.4. The number of carboxylic acids is 1. The smallest absolute Gasteiger partial charge is 0.335 e. The summed E-state index contributed by atoms with van der Waals surface area (Å²) in [5.74, 6) is -1.20. The monoisotopic (exact) mass is 533 g/mol. The van der Waals surface area contributed by atoms with E-state index in [-0.39, 0.29) is 11.5 Å². The van der Waals surface area contributed by atoms with E-state index in [1.807, 2.05) is 12.1 Å². The number of hydrogen-bond donors (Lipinski definition) is 1. The molecular weight excluding hydrogens is 502 g/mol. The van der Waals surface area contributed by atoms with Crippen molar-refractivity contribution in [3.63, 3.8) is 0 Å². The van der Waals surface area contributed by atoms with Gasteiger partial charge in [0.05, 0.1) is 24.4 Å². The minimum Gasteiger partial charge on any atom is -0.478 e. The van der Waals surface area contributed by atoms with E-state index < -0.39 is 5.97 Å². The van der Waals surface area contributed by atoms with Crippen LogP contribution in [0.15, 0.2) is 65.3 Å². The van der Waals surface area contributed by atoms with Crippen molar-refractivity contribution in [3.05, 3.63) is 81.7 Å². The third kappa shape index (κ3) is 6.02. The average molecular weight is 534 g/mol. The van der Waals surface area contributed by atoms with Gasteiger partial charge in [0.25, 0.3) is 5.91 Å². The van der Waals surface area contributed by atoms with Crippen molar-refractivity contribution in [2.45, 2.75) is 6.92 Å². The summed E-state index contributed by atoms with van der Waals surface area (Å²) in [7, 11) is 5.02. The fourth-order valence-electron chi connectivity index (χ4n) is 4.25. The van der Waals surface area contributed by atoms with E-state index in [4.69, 9.17) is 9.47 Å². The average Bonchev–Trinajstić information content (AvgIpc) is 3.49. The molecule has 0 atom stereocenters. The van der Waals surface area contributed by atoms with Crippen molar-refractivity contribution in [2.24, 2.45) is 5.10 Å². The number of carboxylic acid groups (broad SMARTS) is 1. The van der Waals surface area contributed by atoms with Crippen LogP contribution in [0.3, 0.4) is 0 Å². The Hall–Kier alpha value is -3.79. The Morgan fingerprint density at radius 3 is 2.34 bits per heavy atom. The highest BCUT2D eigenvalue weighted by molar-refractivity contribution is 7.16. The molecule has 0 fully saturated rings. The Bertz CT molecular complexity index is 1370. The van der Waals surface area contributed by atoms with Crippen LogP contribution in [-0.2, 0) is 14.3 Å². The molecule has 1 amide bonds. The number of methoxy groups -OCH3 is 2. The SMILES string of the molecule is COCCN(CCOC)c1ccc(-c2ccc(/C=C3\C(=O)N(C)N=C3c3ccc(C(=O)O)cc3)s2)c(C)c1. The van der Waals surface area contributed by atoms with Gasteiger partial charge in [0.1, 0.15) is 5.71 Å². The fraction of sp³-hybridized carbons (Fsp3) is 0.276. The van der Waals surface area contributed by atoms with Gasteiger partial charge in [0, 0.05) is 55.4 Å². The zero-order valence-electron chi connectivity index (χ0n) is 21.9. The molecule has 3 aromatic rings. The summed E-state index contributed by atoms with van der Waals surface area (Å²) in [6.07, 6.45) is 1.85. The summed E-state index contributed by atoms with van der Waals surface area (Å²) >= 11 is 1.60. The van der Waals surface area contributed by atoms with Crippen LogP contribution in [-0.4, -0.2) is 75.3 Å². The summed E-state index contributed by atoms with van der Waals surface area (Å²) in [6, 6.07) is 16.9. The van der Waals surface area contributed by atoms with Crippen molar-refractivity contribution >= 4 is 40.7 Å². The van der Waals surface area contributed by atoms with E-state index in [2.05, 4.69) is 41.2 Å². The summed E-state index contributed by atoms with van der Waals surface area (Å²) in [5.41, 5.74) is 5.28. The molecule has 1 N–H and O–H groups in total. The molecule has 2 heterocycles. The van der Waals surface area contributed by atoms with Crippen molar-refractivity contribution in [1.82, 2.24) is 5.01 Å². The van der Waals surface area contributed by atoms with Crippen LogP contribution in [0.1, 0.15) is 26.4 Å². The van der Waals surface area contributed by atoms with Gasteiger partial charge in [-0.05, 0) is 60.5 Å². The zero-order valence-corrected chi connectivity index (χ0v) is 22.7. The van der Waals surface area contributed by atoms with Crippen molar-refractivity contribution in [2.75, 3.05) is 52.5 Å². The van der Waals surface area contributed by atoms with Crippen LogP contribution in [0.4, 0.5) is 5.69 Å². The number of anilines is 1. The molecule has 2 aromatic carbocycles. The molecule has 0 saturated carbocycles. The predicted molar refractivity (Wildman–Crippen MR) is 151 cm³/mol. The van der Waals surface area contributed by atoms with Gasteiger partial charge in [-0.1, -0.05) is 18.2 Å². The number of aromatic carboxylic acids is 1. The molecule has 0 unspecified atom stereocenters. The Balaban J connectivity index is 1.59. The first-order valence-electron chi connectivity index (χ1n) is 12.2. The minimum atomic E-state index is -0.999. The molecule has 9 heteroatoms. The first-order valence-corrected chi connectivity index (χ1v) is 13.0. The van der Waals surface area contributed by atoms with Crippen molar-refractivity contribution in [1.29, 1.82) is 0 Å². The summed E-state index contributed by atoms with van der Waals surface area (Å²) < 4.78 is 10.5. The molecular formula is C29H31N3O5S. The van der Waals surface area contributed by atoms with Gasteiger partial charge in [-0.25, -0.2) is 9.80 Å². The predicted octanol–water partition coefficient (Wildman–Crippen LogP) is 4.78.